The number of aromatic nitrogens is 2. The lowest BCUT2D eigenvalue weighted by Crippen LogP contribution is -2.53. The fourth-order valence-electron chi connectivity index (χ4n) is 3.81. The minimum atomic E-state index is 0.297. The average molecular weight is 380 g/mol. The Morgan fingerprint density at radius 3 is 2.85 bits per heavy atom. The van der Waals surface area contributed by atoms with E-state index in [4.69, 9.17) is 9.52 Å². The number of aliphatic imine (C=N–C) groups is 1. The molecule has 2 heterocycles. The number of nitrogens with one attached hydrogen (secondary N) is 1. The van der Waals surface area contributed by atoms with Crippen molar-refractivity contribution in [1.82, 2.24) is 20.4 Å². The Hall–Kier alpha value is -1.24. The van der Waals surface area contributed by atoms with Crippen LogP contribution in [0.2, 0.25) is 0 Å². The maximum absolute atomic E-state index is 5.34. The highest BCUT2D eigenvalue weighted by Gasteiger charge is 2.38. The van der Waals surface area contributed by atoms with Gasteiger partial charge in [-0.2, -0.15) is 16.7 Å². The van der Waals surface area contributed by atoms with E-state index in [2.05, 4.69) is 52.9 Å². The first-order chi connectivity index (χ1) is 12.6. The topological polar surface area (TPSA) is 66.5 Å². The quantitative estimate of drug-likeness (QED) is 0.624. The van der Waals surface area contributed by atoms with Gasteiger partial charge in [0.05, 0.1) is 6.54 Å². The Kier molecular flexibility index (Phi) is 6.84. The standard InChI is InChI=1S/C19H33N5OS/c1-4-20-18(21-11-8-16-22-17(15(2)3)23-25-16)24-12-13-26-19(14-24)9-6-5-7-10-19/h15H,4-14H2,1-3H3,(H,20,21). The molecule has 0 amide bonds. The van der Waals surface area contributed by atoms with Crippen LogP contribution in [0, 0.1) is 0 Å². The van der Waals surface area contributed by atoms with Gasteiger partial charge in [-0.25, -0.2) is 0 Å². The molecule has 1 aromatic rings. The van der Waals surface area contributed by atoms with Crippen LogP contribution in [-0.4, -0.2) is 57.7 Å². The zero-order valence-electron chi connectivity index (χ0n) is 16.5. The number of hydrogen-bond donors (Lipinski definition) is 1. The van der Waals surface area contributed by atoms with Crippen molar-refractivity contribution in [3.63, 3.8) is 0 Å². The average Bonchev–Trinajstić information content (AvgIpc) is 3.11. The normalized spacial score (nSPS) is 20.8. The lowest BCUT2D eigenvalue weighted by atomic mass is 9.87. The zero-order chi connectivity index (χ0) is 18.4. The fraction of sp³-hybridized carbons (Fsp3) is 0.842. The SMILES string of the molecule is CCNC(=NCCc1nc(C(C)C)no1)N1CCSC2(CCCCC2)C1. The molecule has 1 saturated carbocycles. The van der Waals surface area contributed by atoms with Crippen molar-refractivity contribution in [2.75, 3.05) is 31.9 Å². The molecule has 3 rings (SSSR count). The highest BCUT2D eigenvalue weighted by atomic mass is 32.2. The number of nitrogens with zero attached hydrogens (tertiary/aromatic N) is 4. The van der Waals surface area contributed by atoms with Crippen molar-refractivity contribution in [3.05, 3.63) is 11.7 Å². The number of guanidine groups is 1. The van der Waals surface area contributed by atoms with Crippen molar-refractivity contribution in [1.29, 1.82) is 0 Å². The Morgan fingerprint density at radius 1 is 1.35 bits per heavy atom. The summed E-state index contributed by atoms with van der Waals surface area (Å²) in [7, 11) is 0. The van der Waals surface area contributed by atoms with Gasteiger partial charge in [0, 0.05) is 42.5 Å². The minimum absolute atomic E-state index is 0.297. The van der Waals surface area contributed by atoms with E-state index >= 15 is 0 Å². The summed E-state index contributed by atoms with van der Waals surface area (Å²) in [5, 5.41) is 7.52. The summed E-state index contributed by atoms with van der Waals surface area (Å²) >= 11 is 2.19. The molecule has 0 unspecified atom stereocenters. The van der Waals surface area contributed by atoms with Crippen LogP contribution in [0.15, 0.2) is 9.52 Å². The lowest BCUT2D eigenvalue weighted by molar-refractivity contribution is 0.293. The Morgan fingerprint density at radius 2 is 2.15 bits per heavy atom. The van der Waals surface area contributed by atoms with Crippen molar-refractivity contribution in [2.24, 2.45) is 4.99 Å². The first-order valence-electron chi connectivity index (χ1n) is 10.1. The summed E-state index contributed by atoms with van der Waals surface area (Å²) in [6, 6.07) is 0. The molecular weight excluding hydrogens is 346 g/mol. The van der Waals surface area contributed by atoms with Crippen LogP contribution in [-0.2, 0) is 6.42 Å². The highest BCUT2D eigenvalue weighted by molar-refractivity contribution is 8.00. The molecule has 0 bridgehead atoms. The van der Waals surface area contributed by atoms with E-state index in [9.17, 15) is 0 Å². The largest absolute Gasteiger partial charge is 0.357 e. The van der Waals surface area contributed by atoms with E-state index in [-0.39, 0.29) is 0 Å². The van der Waals surface area contributed by atoms with Gasteiger partial charge in [-0.1, -0.05) is 38.3 Å². The summed E-state index contributed by atoms with van der Waals surface area (Å²) in [5.74, 6) is 4.01. The van der Waals surface area contributed by atoms with Gasteiger partial charge in [0.15, 0.2) is 11.8 Å². The zero-order valence-corrected chi connectivity index (χ0v) is 17.3. The second-order valence-electron chi connectivity index (χ2n) is 7.70. The molecule has 2 fully saturated rings. The summed E-state index contributed by atoms with van der Waals surface area (Å²) < 4.78 is 5.79. The summed E-state index contributed by atoms with van der Waals surface area (Å²) in [5.41, 5.74) is 0. The number of thioether (sulfide) groups is 1. The van der Waals surface area contributed by atoms with Crippen LogP contribution in [0.4, 0.5) is 0 Å². The van der Waals surface area contributed by atoms with Crippen LogP contribution in [0.5, 0.6) is 0 Å². The summed E-state index contributed by atoms with van der Waals surface area (Å²) in [6.45, 7) is 10.1. The molecule has 0 radical (unpaired) electrons. The Labute approximate surface area is 161 Å². The molecule has 1 N–H and O–H groups in total. The van der Waals surface area contributed by atoms with Crippen LogP contribution >= 0.6 is 11.8 Å². The van der Waals surface area contributed by atoms with Gasteiger partial charge in [0.1, 0.15) is 0 Å². The van der Waals surface area contributed by atoms with Crippen molar-refractivity contribution in [2.45, 2.75) is 70.0 Å². The first-order valence-corrected chi connectivity index (χ1v) is 11.1. The van der Waals surface area contributed by atoms with Crippen LogP contribution in [0.3, 0.4) is 0 Å². The van der Waals surface area contributed by atoms with E-state index in [0.29, 0.717) is 29.5 Å². The molecule has 0 aromatic carbocycles. The van der Waals surface area contributed by atoms with Gasteiger partial charge in [-0.3, -0.25) is 4.99 Å². The van der Waals surface area contributed by atoms with Crippen LogP contribution < -0.4 is 5.32 Å². The second kappa shape index (κ2) is 9.11. The fourth-order valence-corrected chi connectivity index (χ4v) is 5.38. The third-order valence-corrected chi connectivity index (χ3v) is 6.77. The molecule has 1 aliphatic heterocycles. The van der Waals surface area contributed by atoms with Gasteiger partial charge in [0.25, 0.3) is 0 Å². The maximum Gasteiger partial charge on any atom is 0.228 e. The molecular formula is C19H33N5OS. The molecule has 1 aliphatic carbocycles. The van der Waals surface area contributed by atoms with E-state index in [1.54, 1.807) is 0 Å². The van der Waals surface area contributed by atoms with Crippen LogP contribution in [0.1, 0.15) is 70.5 Å². The molecule has 2 aliphatic rings. The van der Waals surface area contributed by atoms with Gasteiger partial charge in [-0.05, 0) is 19.8 Å². The van der Waals surface area contributed by atoms with E-state index in [0.717, 1.165) is 31.4 Å². The van der Waals surface area contributed by atoms with Gasteiger partial charge in [0.2, 0.25) is 5.89 Å². The molecule has 26 heavy (non-hydrogen) atoms. The highest BCUT2D eigenvalue weighted by Crippen LogP contribution is 2.42. The molecule has 0 atom stereocenters. The van der Waals surface area contributed by atoms with E-state index < -0.39 is 0 Å². The molecule has 6 nitrogen and oxygen atoms in total. The Balaban J connectivity index is 1.60. The van der Waals surface area contributed by atoms with Crippen molar-refractivity contribution >= 4 is 17.7 Å². The summed E-state index contributed by atoms with van der Waals surface area (Å²) in [6.07, 6.45) is 7.57. The molecule has 1 aromatic heterocycles. The lowest BCUT2D eigenvalue weighted by Gasteiger charge is -2.45. The molecule has 146 valence electrons. The van der Waals surface area contributed by atoms with Gasteiger partial charge >= 0.3 is 0 Å². The second-order valence-corrected chi connectivity index (χ2v) is 9.26. The van der Waals surface area contributed by atoms with Crippen molar-refractivity contribution < 1.29 is 4.52 Å². The molecule has 1 saturated heterocycles. The monoisotopic (exact) mass is 379 g/mol. The van der Waals surface area contributed by atoms with Gasteiger partial charge in [-0.15, -0.1) is 0 Å². The smallest absolute Gasteiger partial charge is 0.228 e. The number of hydrogen-bond acceptors (Lipinski definition) is 5. The molecule has 1 spiro atoms. The summed E-state index contributed by atoms with van der Waals surface area (Å²) in [4.78, 5) is 11.8. The van der Waals surface area contributed by atoms with E-state index in [1.165, 1.54) is 37.9 Å². The van der Waals surface area contributed by atoms with Gasteiger partial charge < -0.3 is 14.7 Å². The molecule has 7 heteroatoms. The van der Waals surface area contributed by atoms with Crippen molar-refractivity contribution in [3.8, 4) is 0 Å². The first kappa shape index (κ1) is 19.5. The predicted octanol–water partition coefficient (Wildman–Crippen LogP) is 3.45. The maximum atomic E-state index is 5.34. The van der Waals surface area contributed by atoms with Crippen LogP contribution in [0.25, 0.3) is 0 Å². The number of rotatable bonds is 5. The Bertz CT molecular complexity index is 589. The van der Waals surface area contributed by atoms with E-state index in [1.807, 2.05) is 0 Å². The predicted molar refractivity (Wildman–Crippen MR) is 108 cm³/mol. The third kappa shape index (κ3) is 4.93. The minimum Gasteiger partial charge on any atom is -0.357 e. The third-order valence-electron chi connectivity index (χ3n) is 5.24.